The normalized spacial score (nSPS) is 12.1. The molecule has 304 valence electrons. The molecular formula is C48H38FN11O2. The van der Waals surface area contributed by atoms with Crippen LogP contribution in [0, 0.1) is 0 Å². The van der Waals surface area contributed by atoms with Gasteiger partial charge in [-0.05, 0) is 103 Å². The molecule has 0 aliphatic heterocycles. The molecule has 2 aromatic carbocycles. The summed E-state index contributed by atoms with van der Waals surface area (Å²) < 4.78 is 15.9. The fourth-order valence-corrected chi connectivity index (χ4v) is 6.85. The average Bonchev–Trinajstić information content (AvgIpc) is 3.30. The van der Waals surface area contributed by atoms with Gasteiger partial charge in [0, 0.05) is 46.4 Å². The molecule has 13 nitrogen and oxygen atoms in total. The number of nitrogens with one attached hydrogen (secondary N) is 2. The highest BCUT2D eigenvalue weighted by Crippen LogP contribution is 2.36. The smallest absolute Gasteiger partial charge is 0.229 e. The molecule has 14 heteroatoms. The second-order valence-electron chi connectivity index (χ2n) is 14.4. The molecule has 0 spiro atoms. The number of alkyl halides is 1. The number of carbonyl (C=O) groups is 2. The number of amides is 2. The zero-order valence-electron chi connectivity index (χ0n) is 33.6. The standard InChI is InChI=1S/C48H38FN11O2/c1-3-20-48(2,49)39-23-32(11-16-38(39)34-19-22-52-54-29-34)25-47(62)58-44-17-14-35(27-50-44)40-6-4-7-42(56-40)43-26-37(30-55-60-43)33-12-9-31(10-13-33)24-46(61)57-45-18-15-36(28-51-45)41-8-5-21-53-59-41/h3-23,26-30H,24-25H2,1-2H3,(H,50,58,62)(H,51,57,61). The predicted octanol–water partition coefficient (Wildman–Crippen LogP) is 8.70. The Hall–Kier alpha value is -8.26. The maximum Gasteiger partial charge on any atom is 0.229 e. The lowest BCUT2D eigenvalue weighted by Gasteiger charge is -2.21. The monoisotopic (exact) mass is 819 g/mol. The highest BCUT2D eigenvalue weighted by molar-refractivity contribution is 5.92. The third-order valence-electron chi connectivity index (χ3n) is 9.89. The molecule has 2 N–H and O–H groups in total. The van der Waals surface area contributed by atoms with Crippen molar-refractivity contribution >= 4 is 23.5 Å². The third-order valence-corrected chi connectivity index (χ3v) is 9.89. The summed E-state index contributed by atoms with van der Waals surface area (Å²) >= 11 is 0. The van der Waals surface area contributed by atoms with E-state index in [0.717, 1.165) is 33.4 Å². The van der Waals surface area contributed by atoms with Crippen molar-refractivity contribution in [2.45, 2.75) is 32.4 Å². The number of benzene rings is 2. The van der Waals surface area contributed by atoms with Crippen LogP contribution in [0.5, 0.6) is 0 Å². The highest BCUT2D eigenvalue weighted by atomic mass is 19.1. The summed E-state index contributed by atoms with van der Waals surface area (Å²) in [6, 6.07) is 33.0. The molecule has 1 atom stereocenters. The minimum absolute atomic E-state index is 0.0167. The van der Waals surface area contributed by atoms with Crippen molar-refractivity contribution in [2.24, 2.45) is 0 Å². The van der Waals surface area contributed by atoms with Crippen LogP contribution >= 0.6 is 0 Å². The lowest BCUT2D eigenvalue weighted by molar-refractivity contribution is -0.116. The van der Waals surface area contributed by atoms with Crippen LogP contribution < -0.4 is 10.6 Å². The quantitative estimate of drug-likeness (QED) is 0.107. The van der Waals surface area contributed by atoms with E-state index >= 15 is 4.39 Å². The Morgan fingerprint density at radius 3 is 1.89 bits per heavy atom. The summed E-state index contributed by atoms with van der Waals surface area (Å²) in [5.41, 5.74) is 7.36. The minimum atomic E-state index is -1.78. The van der Waals surface area contributed by atoms with Crippen molar-refractivity contribution in [3.8, 4) is 56.2 Å². The minimum Gasteiger partial charge on any atom is -0.310 e. The molecular weight excluding hydrogens is 782 g/mol. The zero-order valence-corrected chi connectivity index (χ0v) is 33.6. The molecule has 0 saturated carbocycles. The lowest BCUT2D eigenvalue weighted by Crippen LogP contribution is -2.17. The SMILES string of the molecule is CC=CC(C)(F)c1cc(CC(=O)Nc2ccc(-c3cccc(-c4cc(-c5ccc(CC(=O)Nc6ccc(-c7cccnn7)cn6)cc5)cnn4)n3)cn2)ccc1-c1ccnnc1. The number of pyridine rings is 3. The third kappa shape index (κ3) is 9.77. The molecule has 0 bridgehead atoms. The van der Waals surface area contributed by atoms with Gasteiger partial charge < -0.3 is 10.6 Å². The van der Waals surface area contributed by atoms with Gasteiger partial charge in [-0.25, -0.2) is 19.3 Å². The largest absolute Gasteiger partial charge is 0.310 e. The molecule has 0 fully saturated rings. The summed E-state index contributed by atoms with van der Waals surface area (Å²) in [4.78, 5) is 39.6. The molecule has 2 amide bonds. The van der Waals surface area contributed by atoms with Crippen molar-refractivity contribution < 1.29 is 14.0 Å². The summed E-state index contributed by atoms with van der Waals surface area (Å²) in [6.07, 6.45) is 13.1. The van der Waals surface area contributed by atoms with E-state index < -0.39 is 5.67 Å². The van der Waals surface area contributed by atoms with Crippen LogP contribution in [0.4, 0.5) is 16.0 Å². The van der Waals surface area contributed by atoms with E-state index in [9.17, 15) is 9.59 Å². The number of nitrogens with zero attached hydrogens (tertiary/aromatic N) is 9. The van der Waals surface area contributed by atoms with Gasteiger partial charge in [-0.1, -0.05) is 54.6 Å². The van der Waals surface area contributed by atoms with Crippen LogP contribution in [0.3, 0.4) is 0 Å². The molecule has 6 aromatic heterocycles. The second kappa shape index (κ2) is 18.3. The van der Waals surface area contributed by atoms with Gasteiger partial charge in [0.05, 0.1) is 48.5 Å². The number of carbonyl (C=O) groups excluding carboxylic acids is 2. The van der Waals surface area contributed by atoms with Gasteiger partial charge in [-0.15, -0.1) is 5.10 Å². The fraction of sp³-hybridized carbons (Fsp3) is 0.104. The molecule has 0 radical (unpaired) electrons. The summed E-state index contributed by atoms with van der Waals surface area (Å²) in [5, 5.41) is 30.0. The van der Waals surface area contributed by atoms with Gasteiger partial charge in [0.15, 0.2) is 5.67 Å². The first-order valence-corrected chi connectivity index (χ1v) is 19.6. The van der Waals surface area contributed by atoms with Crippen LogP contribution in [0.1, 0.15) is 30.5 Å². The molecule has 0 aliphatic rings. The van der Waals surface area contributed by atoms with Crippen LogP contribution in [0.25, 0.3) is 56.2 Å². The highest BCUT2D eigenvalue weighted by Gasteiger charge is 2.27. The van der Waals surface area contributed by atoms with Crippen molar-refractivity contribution in [3.63, 3.8) is 0 Å². The van der Waals surface area contributed by atoms with Crippen molar-refractivity contribution in [2.75, 3.05) is 10.6 Å². The Labute approximate surface area is 356 Å². The first-order valence-electron chi connectivity index (χ1n) is 19.6. The summed E-state index contributed by atoms with van der Waals surface area (Å²) in [7, 11) is 0. The Kier molecular flexibility index (Phi) is 12.0. The topological polar surface area (TPSA) is 174 Å². The van der Waals surface area contributed by atoms with Gasteiger partial charge in [-0.3, -0.25) is 9.59 Å². The summed E-state index contributed by atoms with van der Waals surface area (Å²) in [5.74, 6) is 0.329. The number of hydrogen-bond donors (Lipinski definition) is 2. The Morgan fingerprint density at radius 2 is 1.23 bits per heavy atom. The fourth-order valence-electron chi connectivity index (χ4n) is 6.85. The first-order chi connectivity index (χ1) is 30.2. The van der Waals surface area contributed by atoms with E-state index in [2.05, 4.69) is 51.2 Å². The summed E-state index contributed by atoms with van der Waals surface area (Å²) in [6.45, 7) is 3.25. The predicted molar refractivity (Wildman–Crippen MR) is 235 cm³/mol. The van der Waals surface area contributed by atoms with Gasteiger partial charge in [0.2, 0.25) is 11.8 Å². The molecule has 8 aromatic rings. The maximum atomic E-state index is 15.9. The van der Waals surface area contributed by atoms with Crippen molar-refractivity contribution in [3.05, 3.63) is 175 Å². The lowest BCUT2D eigenvalue weighted by atomic mass is 9.88. The van der Waals surface area contributed by atoms with Crippen molar-refractivity contribution in [1.82, 2.24) is 45.5 Å². The molecule has 8 rings (SSSR count). The molecule has 6 heterocycles. The molecule has 0 aliphatic carbocycles. The number of hydrogen-bond acceptors (Lipinski definition) is 11. The van der Waals surface area contributed by atoms with E-state index in [-0.39, 0.29) is 24.7 Å². The van der Waals surface area contributed by atoms with E-state index in [1.54, 1.807) is 86.6 Å². The van der Waals surface area contributed by atoms with Crippen LogP contribution in [0.15, 0.2) is 159 Å². The number of aromatic nitrogens is 9. The van der Waals surface area contributed by atoms with Crippen molar-refractivity contribution in [1.29, 1.82) is 0 Å². The zero-order chi connectivity index (χ0) is 42.9. The number of anilines is 2. The van der Waals surface area contributed by atoms with Crippen LogP contribution in [0.2, 0.25) is 0 Å². The van der Waals surface area contributed by atoms with E-state index in [0.29, 0.717) is 51.1 Å². The van der Waals surface area contributed by atoms with Gasteiger partial charge in [0.1, 0.15) is 17.3 Å². The number of allylic oxidation sites excluding steroid dienone is 2. The van der Waals surface area contributed by atoms with E-state index in [1.165, 1.54) is 13.0 Å². The maximum absolute atomic E-state index is 15.9. The number of rotatable bonds is 13. The molecule has 1 unspecified atom stereocenters. The van der Waals surface area contributed by atoms with Gasteiger partial charge in [-0.2, -0.15) is 25.5 Å². The van der Waals surface area contributed by atoms with E-state index in [4.69, 9.17) is 4.98 Å². The number of halogens is 1. The van der Waals surface area contributed by atoms with Crippen LogP contribution in [-0.2, 0) is 28.1 Å². The van der Waals surface area contributed by atoms with Gasteiger partial charge in [0.25, 0.3) is 0 Å². The Morgan fingerprint density at radius 1 is 0.581 bits per heavy atom. The Bertz CT molecular complexity index is 2860. The van der Waals surface area contributed by atoms with Gasteiger partial charge >= 0.3 is 0 Å². The molecule has 0 saturated heterocycles. The molecule has 62 heavy (non-hydrogen) atoms. The first kappa shape index (κ1) is 40.5. The average molecular weight is 820 g/mol. The van der Waals surface area contributed by atoms with E-state index in [1.807, 2.05) is 72.8 Å². The second-order valence-corrected chi connectivity index (χ2v) is 14.4. The van der Waals surface area contributed by atoms with Crippen LogP contribution in [-0.4, -0.2) is 57.4 Å². The Balaban J connectivity index is 0.891.